The summed E-state index contributed by atoms with van der Waals surface area (Å²) in [5.41, 5.74) is 2.77. The number of hydrogen-bond donors (Lipinski definition) is 0. The summed E-state index contributed by atoms with van der Waals surface area (Å²) in [5.74, 6) is -1.15. The first-order valence-electron chi connectivity index (χ1n) is 8.09. The summed E-state index contributed by atoms with van der Waals surface area (Å²) < 4.78 is 4.94. The molecule has 124 valence electrons. The van der Waals surface area contributed by atoms with Gasteiger partial charge in [-0.2, -0.15) is 0 Å². The molecule has 1 aliphatic rings. The van der Waals surface area contributed by atoms with E-state index in [0.29, 0.717) is 18.7 Å². The van der Waals surface area contributed by atoms with Gasteiger partial charge in [0.1, 0.15) is 0 Å². The molecule has 0 spiro atoms. The number of benzene rings is 2. The molecule has 3 rings (SSSR count). The van der Waals surface area contributed by atoms with Gasteiger partial charge in [-0.3, -0.25) is 9.59 Å². The molecule has 2 atom stereocenters. The van der Waals surface area contributed by atoms with Crippen LogP contribution in [0.25, 0.3) is 0 Å². The molecule has 0 radical (unpaired) electrons. The molecule has 1 aliphatic heterocycles. The fourth-order valence-corrected chi connectivity index (χ4v) is 3.24. The SMILES string of the molecule is COC(=O)[C@@H]1CN(c2ccccc2)C[C@@H]1C(=O)c1ccc(C)cc1. The van der Waals surface area contributed by atoms with Crippen LogP contribution in [0.4, 0.5) is 5.69 Å². The Labute approximate surface area is 142 Å². The smallest absolute Gasteiger partial charge is 0.311 e. The fraction of sp³-hybridized carbons (Fsp3) is 0.300. The molecule has 4 heteroatoms. The molecule has 2 aromatic rings. The summed E-state index contributed by atoms with van der Waals surface area (Å²) in [7, 11) is 1.38. The van der Waals surface area contributed by atoms with E-state index in [4.69, 9.17) is 4.74 Å². The van der Waals surface area contributed by atoms with Gasteiger partial charge in [0.2, 0.25) is 0 Å². The first kappa shape index (κ1) is 16.2. The third-order valence-corrected chi connectivity index (χ3v) is 4.62. The fourth-order valence-electron chi connectivity index (χ4n) is 3.24. The Hall–Kier alpha value is -2.62. The number of para-hydroxylation sites is 1. The van der Waals surface area contributed by atoms with Crippen molar-refractivity contribution in [2.75, 3.05) is 25.1 Å². The molecular weight excluding hydrogens is 302 g/mol. The van der Waals surface area contributed by atoms with Crippen molar-refractivity contribution >= 4 is 17.4 Å². The van der Waals surface area contributed by atoms with Gasteiger partial charge in [0.25, 0.3) is 0 Å². The zero-order chi connectivity index (χ0) is 17.1. The van der Waals surface area contributed by atoms with E-state index in [2.05, 4.69) is 4.90 Å². The van der Waals surface area contributed by atoms with Gasteiger partial charge in [0.05, 0.1) is 18.9 Å². The van der Waals surface area contributed by atoms with Crippen LogP contribution in [0.5, 0.6) is 0 Å². The van der Waals surface area contributed by atoms with E-state index < -0.39 is 5.92 Å². The zero-order valence-electron chi connectivity index (χ0n) is 13.9. The molecule has 1 saturated heterocycles. The van der Waals surface area contributed by atoms with Gasteiger partial charge in [-0.05, 0) is 19.1 Å². The quantitative estimate of drug-likeness (QED) is 0.641. The Morgan fingerprint density at radius 3 is 2.21 bits per heavy atom. The summed E-state index contributed by atoms with van der Waals surface area (Å²) in [5, 5.41) is 0. The van der Waals surface area contributed by atoms with Crippen molar-refractivity contribution in [1.29, 1.82) is 0 Å². The van der Waals surface area contributed by atoms with Crippen LogP contribution in [-0.4, -0.2) is 32.0 Å². The lowest BCUT2D eigenvalue weighted by Crippen LogP contribution is -2.29. The molecule has 0 saturated carbocycles. The van der Waals surface area contributed by atoms with E-state index in [-0.39, 0.29) is 17.7 Å². The number of ketones is 1. The van der Waals surface area contributed by atoms with Crippen LogP contribution in [-0.2, 0) is 9.53 Å². The summed E-state index contributed by atoms with van der Waals surface area (Å²) in [6.45, 7) is 3.01. The van der Waals surface area contributed by atoms with E-state index in [9.17, 15) is 9.59 Å². The number of carbonyl (C=O) groups is 2. The number of esters is 1. The van der Waals surface area contributed by atoms with Crippen molar-refractivity contribution in [3.8, 4) is 0 Å². The molecule has 1 fully saturated rings. The molecule has 0 bridgehead atoms. The number of aryl methyl sites for hydroxylation is 1. The van der Waals surface area contributed by atoms with E-state index in [1.165, 1.54) is 7.11 Å². The van der Waals surface area contributed by atoms with Crippen molar-refractivity contribution in [1.82, 2.24) is 0 Å². The Balaban J connectivity index is 1.87. The highest BCUT2D eigenvalue weighted by Crippen LogP contribution is 2.31. The molecule has 0 amide bonds. The van der Waals surface area contributed by atoms with Crippen molar-refractivity contribution in [3.05, 3.63) is 65.7 Å². The van der Waals surface area contributed by atoms with Crippen molar-refractivity contribution in [3.63, 3.8) is 0 Å². The van der Waals surface area contributed by atoms with Gasteiger partial charge in [-0.15, -0.1) is 0 Å². The van der Waals surface area contributed by atoms with Crippen molar-refractivity contribution < 1.29 is 14.3 Å². The standard InChI is InChI=1S/C20H21NO3/c1-14-8-10-15(11-9-14)19(22)17-12-21(13-18(17)20(23)24-2)16-6-4-3-5-7-16/h3-11,17-18H,12-13H2,1-2H3/t17-,18+/m0/s1. The van der Waals surface area contributed by atoms with Crippen molar-refractivity contribution in [2.45, 2.75) is 6.92 Å². The lowest BCUT2D eigenvalue weighted by atomic mass is 9.88. The van der Waals surface area contributed by atoms with Gasteiger partial charge in [-0.25, -0.2) is 0 Å². The normalized spacial score (nSPS) is 20.0. The molecule has 0 N–H and O–H groups in total. The third-order valence-electron chi connectivity index (χ3n) is 4.62. The van der Waals surface area contributed by atoms with Crippen LogP contribution in [0.15, 0.2) is 54.6 Å². The number of carbonyl (C=O) groups excluding carboxylic acids is 2. The average molecular weight is 323 g/mol. The summed E-state index contributed by atoms with van der Waals surface area (Å²) >= 11 is 0. The highest BCUT2D eigenvalue weighted by Gasteiger charge is 2.42. The topological polar surface area (TPSA) is 46.6 Å². The second-order valence-electron chi connectivity index (χ2n) is 6.21. The minimum absolute atomic E-state index is 0.00355. The number of hydrogen-bond acceptors (Lipinski definition) is 4. The molecule has 2 aromatic carbocycles. The molecule has 4 nitrogen and oxygen atoms in total. The molecule has 0 aromatic heterocycles. The Kier molecular flexibility index (Phi) is 4.65. The van der Waals surface area contributed by atoms with Crippen molar-refractivity contribution in [2.24, 2.45) is 11.8 Å². The van der Waals surface area contributed by atoms with E-state index in [1.54, 1.807) is 0 Å². The first-order valence-corrected chi connectivity index (χ1v) is 8.09. The maximum absolute atomic E-state index is 12.9. The van der Waals surface area contributed by atoms with Crippen LogP contribution in [0.1, 0.15) is 15.9 Å². The summed E-state index contributed by atoms with van der Waals surface area (Å²) in [6, 6.07) is 17.4. The Morgan fingerprint density at radius 2 is 1.58 bits per heavy atom. The van der Waals surface area contributed by atoms with Gasteiger partial charge in [0, 0.05) is 24.3 Å². The van der Waals surface area contributed by atoms with Crippen LogP contribution in [0, 0.1) is 18.8 Å². The highest BCUT2D eigenvalue weighted by molar-refractivity contribution is 6.01. The second kappa shape index (κ2) is 6.87. The lowest BCUT2D eigenvalue weighted by molar-refractivity contribution is -0.145. The van der Waals surface area contributed by atoms with Gasteiger partial charge in [-0.1, -0.05) is 48.0 Å². The maximum Gasteiger partial charge on any atom is 0.311 e. The first-order chi connectivity index (χ1) is 11.6. The lowest BCUT2D eigenvalue weighted by Gasteiger charge is -2.18. The molecule has 0 aliphatic carbocycles. The summed E-state index contributed by atoms with van der Waals surface area (Å²) in [6.07, 6.45) is 0. The van der Waals surface area contributed by atoms with Crippen LogP contribution in [0.3, 0.4) is 0 Å². The summed E-state index contributed by atoms with van der Waals surface area (Å²) in [4.78, 5) is 27.2. The van der Waals surface area contributed by atoms with Crippen LogP contribution in [0.2, 0.25) is 0 Å². The molecular formula is C20H21NO3. The van der Waals surface area contributed by atoms with Gasteiger partial charge >= 0.3 is 5.97 Å². The average Bonchev–Trinajstić information content (AvgIpc) is 3.07. The minimum atomic E-state index is -0.441. The Bertz CT molecular complexity index is 724. The minimum Gasteiger partial charge on any atom is -0.469 e. The molecule has 0 unspecified atom stereocenters. The van der Waals surface area contributed by atoms with Crippen LogP contribution < -0.4 is 4.90 Å². The van der Waals surface area contributed by atoms with Gasteiger partial charge in [0.15, 0.2) is 5.78 Å². The highest BCUT2D eigenvalue weighted by atomic mass is 16.5. The number of anilines is 1. The second-order valence-corrected chi connectivity index (χ2v) is 6.21. The van der Waals surface area contributed by atoms with E-state index in [0.717, 1.165) is 11.3 Å². The van der Waals surface area contributed by atoms with E-state index >= 15 is 0 Å². The molecule has 24 heavy (non-hydrogen) atoms. The van der Waals surface area contributed by atoms with Gasteiger partial charge < -0.3 is 9.64 Å². The predicted molar refractivity (Wildman–Crippen MR) is 93.2 cm³/mol. The third kappa shape index (κ3) is 3.18. The zero-order valence-corrected chi connectivity index (χ0v) is 13.9. The predicted octanol–water partition coefficient (Wildman–Crippen LogP) is 3.10. The monoisotopic (exact) mass is 323 g/mol. The van der Waals surface area contributed by atoms with Crippen LogP contribution >= 0.6 is 0 Å². The van der Waals surface area contributed by atoms with E-state index in [1.807, 2.05) is 61.5 Å². The Morgan fingerprint density at radius 1 is 0.958 bits per heavy atom. The number of Topliss-reactive ketones (excluding diaryl/α,β-unsaturated/α-hetero) is 1. The number of ether oxygens (including phenoxy) is 1. The number of rotatable bonds is 4. The maximum atomic E-state index is 12.9. The molecule has 1 heterocycles. The largest absolute Gasteiger partial charge is 0.469 e. The number of nitrogens with zero attached hydrogens (tertiary/aromatic N) is 1. The number of methoxy groups -OCH3 is 1.